The molecule has 0 unspecified atom stereocenters. The SMILES string of the molecule is CCC(CC)N(CC(C)C)C(=O)c1cc(C)nc(NC)c1. The van der Waals surface area contributed by atoms with Gasteiger partial charge in [-0.25, -0.2) is 4.98 Å². The van der Waals surface area contributed by atoms with Gasteiger partial charge in [0.2, 0.25) is 0 Å². The minimum absolute atomic E-state index is 0.111. The molecule has 21 heavy (non-hydrogen) atoms. The maximum Gasteiger partial charge on any atom is 0.254 e. The predicted molar refractivity (Wildman–Crippen MR) is 88.8 cm³/mol. The van der Waals surface area contributed by atoms with Gasteiger partial charge in [0, 0.05) is 30.9 Å². The van der Waals surface area contributed by atoms with E-state index in [9.17, 15) is 4.79 Å². The average Bonchev–Trinajstić information content (AvgIpc) is 2.45. The molecule has 0 radical (unpaired) electrons. The first-order valence-electron chi connectivity index (χ1n) is 7.90. The van der Waals surface area contributed by atoms with E-state index in [1.807, 2.05) is 31.0 Å². The molecule has 1 N–H and O–H groups in total. The zero-order valence-electron chi connectivity index (χ0n) is 14.2. The molecule has 1 rings (SSSR count). The fraction of sp³-hybridized carbons (Fsp3) is 0.647. The van der Waals surface area contributed by atoms with Crippen molar-refractivity contribution in [2.24, 2.45) is 5.92 Å². The van der Waals surface area contributed by atoms with Crippen LogP contribution in [0.3, 0.4) is 0 Å². The lowest BCUT2D eigenvalue weighted by atomic mass is 10.1. The quantitative estimate of drug-likeness (QED) is 0.832. The fourth-order valence-electron chi connectivity index (χ4n) is 2.61. The van der Waals surface area contributed by atoms with Gasteiger partial charge in [0.25, 0.3) is 5.91 Å². The Labute approximate surface area is 129 Å². The Bertz CT molecular complexity index is 467. The number of hydrogen-bond acceptors (Lipinski definition) is 3. The summed E-state index contributed by atoms with van der Waals surface area (Å²) < 4.78 is 0. The molecular weight excluding hydrogens is 262 g/mol. The molecule has 1 aromatic heterocycles. The number of pyridine rings is 1. The average molecular weight is 291 g/mol. The van der Waals surface area contributed by atoms with Crippen LogP contribution in [-0.4, -0.2) is 35.4 Å². The van der Waals surface area contributed by atoms with Gasteiger partial charge >= 0.3 is 0 Å². The lowest BCUT2D eigenvalue weighted by Gasteiger charge is -2.32. The molecule has 1 heterocycles. The van der Waals surface area contributed by atoms with Crippen LogP contribution in [0.1, 0.15) is 56.6 Å². The smallest absolute Gasteiger partial charge is 0.254 e. The van der Waals surface area contributed by atoms with Crippen molar-refractivity contribution in [2.75, 3.05) is 18.9 Å². The summed E-state index contributed by atoms with van der Waals surface area (Å²) in [4.78, 5) is 19.3. The van der Waals surface area contributed by atoms with Crippen molar-refractivity contribution in [2.45, 2.75) is 53.5 Å². The molecule has 0 bridgehead atoms. The van der Waals surface area contributed by atoms with E-state index in [1.165, 1.54) is 0 Å². The Kier molecular flexibility index (Phi) is 6.66. The normalized spacial score (nSPS) is 11.0. The van der Waals surface area contributed by atoms with Crippen molar-refractivity contribution in [3.05, 3.63) is 23.4 Å². The Morgan fingerprint density at radius 2 is 1.90 bits per heavy atom. The second-order valence-electron chi connectivity index (χ2n) is 5.95. The molecular formula is C17H29N3O. The highest BCUT2D eigenvalue weighted by atomic mass is 16.2. The Hall–Kier alpha value is -1.58. The highest BCUT2D eigenvalue weighted by Gasteiger charge is 2.23. The van der Waals surface area contributed by atoms with Crippen LogP contribution in [-0.2, 0) is 0 Å². The number of aryl methyl sites for hydroxylation is 1. The summed E-state index contributed by atoms with van der Waals surface area (Å²) in [6.45, 7) is 11.3. The number of carbonyl (C=O) groups excluding carboxylic acids is 1. The van der Waals surface area contributed by atoms with Crippen molar-refractivity contribution in [3.8, 4) is 0 Å². The van der Waals surface area contributed by atoms with Gasteiger partial charge in [-0.3, -0.25) is 4.79 Å². The number of nitrogens with one attached hydrogen (secondary N) is 1. The van der Waals surface area contributed by atoms with Crippen molar-refractivity contribution in [1.29, 1.82) is 0 Å². The van der Waals surface area contributed by atoms with Crippen molar-refractivity contribution in [1.82, 2.24) is 9.88 Å². The largest absolute Gasteiger partial charge is 0.373 e. The number of nitrogens with zero attached hydrogens (tertiary/aromatic N) is 2. The highest BCUT2D eigenvalue weighted by Crippen LogP contribution is 2.18. The van der Waals surface area contributed by atoms with Crippen LogP contribution in [0.5, 0.6) is 0 Å². The summed E-state index contributed by atoms with van der Waals surface area (Å²) in [6, 6.07) is 4.01. The van der Waals surface area contributed by atoms with Gasteiger partial charge < -0.3 is 10.2 Å². The zero-order valence-corrected chi connectivity index (χ0v) is 14.2. The van der Waals surface area contributed by atoms with Crippen LogP contribution >= 0.6 is 0 Å². The monoisotopic (exact) mass is 291 g/mol. The zero-order chi connectivity index (χ0) is 16.0. The maximum absolute atomic E-state index is 12.9. The first kappa shape index (κ1) is 17.5. The number of carbonyl (C=O) groups is 1. The first-order chi connectivity index (χ1) is 9.92. The van der Waals surface area contributed by atoms with Crippen molar-refractivity contribution < 1.29 is 4.79 Å². The lowest BCUT2D eigenvalue weighted by Crippen LogP contribution is -2.42. The van der Waals surface area contributed by atoms with Crippen LogP contribution in [0, 0.1) is 12.8 Å². The van der Waals surface area contributed by atoms with Gasteiger partial charge in [-0.05, 0) is 37.8 Å². The van der Waals surface area contributed by atoms with Gasteiger partial charge in [-0.1, -0.05) is 27.7 Å². The number of hydrogen-bond donors (Lipinski definition) is 1. The number of rotatable bonds is 7. The summed E-state index contributed by atoms with van der Waals surface area (Å²) in [7, 11) is 1.82. The van der Waals surface area contributed by atoms with E-state index in [0.717, 1.165) is 36.5 Å². The third kappa shape index (κ3) is 4.73. The topological polar surface area (TPSA) is 45.2 Å². The molecule has 0 saturated carbocycles. The summed E-state index contributed by atoms with van der Waals surface area (Å²) in [6.07, 6.45) is 1.97. The summed E-state index contributed by atoms with van der Waals surface area (Å²) in [5, 5.41) is 3.02. The van der Waals surface area contributed by atoms with E-state index in [1.54, 1.807) is 0 Å². The summed E-state index contributed by atoms with van der Waals surface area (Å²) >= 11 is 0. The van der Waals surface area contributed by atoms with Gasteiger partial charge in [-0.15, -0.1) is 0 Å². The van der Waals surface area contributed by atoms with E-state index in [0.29, 0.717) is 12.0 Å². The van der Waals surface area contributed by atoms with E-state index < -0.39 is 0 Å². The molecule has 0 aliphatic rings. The number of aromatic nitrogens is 1. The third-order valence-corrected chi connectivity index (χ3v) is 3.66. The van der Waals surface area contributed by atoms with Crippen LogP contribution in [0.4, 0.5) is 5.82 Å². The molecule has 0 aliphatic carbocycles. The van der Waals surface area contributed by atoms with Gasteiger partial charge in [-0.2, -0.15) is 0 Å². The predicted octanol–water partition coefficient (Wildman–Crippen LogP) is 3.72. The molecule has 118 valence electrons. The number of amides is 1. The Morgan fingerprint density at radius 3 is 2.38 bits per heavy atom. The van der Waals surface area contributed by atoms with E-state index in [2.05, 4.69) is 38.0 Å². The van der Waals surface area contributed by atoms with Crippen LogP contribution in [0.2, 0.25) is 0 Å². The van der Waals surface area contributed by atoms with E-state index in [-0.39, 0.29) is 5.91 Å². The minimum atomic E-state index is 0.111. The van der Waals surface area contributed by atoms with Gasteiger partial charge in [0.05, 0.1) is 0 Å². The maximum atomic E-state index is 12.9. The molecule has 4 nitrogen and oxygen atoms in total. The van der Waals surface area contributed by atoms with Crippen LogP contribution in [0.25, 0.3) is 0 Å². The Morgan fingerprint density at radius 1 is 1.29 bits per heavy atom. The number of anilines is 1. The molecule has 1 amide bonds. The molecule has 0 atom stereocenters. The second-order valence-corrected chi connectivity index (χ2v) is 5.95. The van der Waals surface area contributed by atoms with Crippen molar-refractivity contribution in [3.63, 3.8) is 0 Å². The summed E-state index contributed by atoms with van der Waals surface area (Å²) in [5.74, 6) is 1.31. The lowest BCUT2D eigenvalue weighted by molar-refractivity contribution is 0.0640. The third-order valence-electron chi connectivity index (χ3n) is 3.66. The fourth-order valence-corrected chi connectivity index (χ4v) is 2.61. The highest BCUT2D eigenvalue weighted by molar-refractivity contribution is 5.95. The molecule has 1 aromatic rings. The van der Waals surface area contributed by atoms with Gasteiger partial charge in [0.15, 0.2) is 0 Å². The molecule has 0 aliphatic heterocycles. The van der Waals surface area contributed by atoms with Crippen LogP contribution < -0.4 is 5.32 Å². The standard InChI is InChI=1S/C17H29N3O/c1-7-15(8-2)20(11-12(3)4)17(21)14-9-13(5)19-16(10-14)18-6/h9-10,12,15H,7-8,11H2,1-6H3,(H,18,19). The molecule has 0 saturated heterocycles. The summed E-state index contributed by atoms with van der Waals surface area (Å²) in [5.41, 5.74) is 1.58. The van der Waals surface area contributed by atoms with Crippen molar-refractivity contribution >= 4 is 11.7 Å². The van der Waals surface area contributed by atoms with Gasteiger partial charge in [0.1, 0.15) is 5.82 Å². The second kappa shape index (κ2) is 8.01. The molecule has 0 aromatic carbocycles. The molecule has 0 spiro atoms. The van der Waals surface area contributed by atoms with Crippen LogP contribution in [0.15, 0.2) is 12.1 Å². The molecule has 4 heteroatoms. The Balaban J connectivity index is 3.12. The minimum Gasteiger partial charge on any atom is -0.373 e. The van der Waals surface area contributed by atoms with E-state index >= 15 is 0 Å². The van der Waals surface area contributed by atoms with E-state index in [4.69, 9.17) is 0 Å². The molecule has 0 fully saturated rings. The first-order valence-corrected chi connectivity index (χ1v) is 7.90.